The van der Waals surface area contributed by atoms with Crippen LogP contribution in [0.5, 0.6) is 5.75 Å². The summed E-state index contributed by atoms with van der Waals surface area (Å²) in [5.41, 5.74) is 2.58. The first-order valence-electron chi connectivity index (χ1n) is 8.20. The summed E-state index contributed by atoms with van der Waals surface area (Å²) in [6.07, 6.45) is -4.74. The van der Waals surface area contributed by atoms with Gasteiger partial charge in [0.15, 0.2) is 0 Å². The lowest BCUT2D eigenvalue weighted by atomic mass is 9.80. The van der Waals surface area contributed by atoms with Crippen LogP contribution in [0.1, 0.15) is 25.1 Å². The van der Waals surface area contributed by atoms with E-state index in [1.807, 2.05) is 38.1 Å². The van der Waals surface area contributed by atoms with Gasteiger partial charge in [0.2, 0.25) is 0 Å². The summed E-state index contributed by atoms with van der Waals surface area (Å²) in [6.45, 7) is 3.79. The van der Waals surface area contributed by atoms with Gasteiger partial charge in [-0.2, -0.15) is 0 Å². The van der Waals surface area contributed by atoms with Crippen molar-refractivity contribution in [2.75, 3.05) is 0 Å². The Morgan fingerprint density at radius 1 is 1.04 bits per heavy atom. The number of para-hydroxylation sites is 1. The van der Waals surface area contributed by atoms with E-state index in [0.29, 0.717) is 33.2 Å². The number of hydrogen-bond acceptors (Lipinski definition) is 3. The fraction of sp³-hybridized carbons (Fsp3) is 0.200. The second kappa shape index (κ2) is 5.96. The van der Waals surface area contributed by atoms with Crippen LogP contribution in [0.4, 0.5) is 18.9 Å². The minimum absolute atomic E-state index is 0.264. The van der Waals surface area contributed by atoms with Gasteiger partial charge in [0.25, 0.3) is 0 Å². The van der Waals surface area contributed by atoms with Crippen molar-refractivity contribution in [3.8, 4) is 5.75 Å². The molecule has 0 spiro atoms. The molecule has 1 aliphatic rings. The molecule has 4 rings (SSSR count). The van der Waals surface area contributed by atoms with Crippen LogP contribution in [0.25, 0.3) is 10.9 Å². The van der Waals surface area contributed by atoms with Gasteiger partial charge in [-0.3, -0.25) is 0 Å². The smallest absolute Gasteiger partial charge is 0.406 e. The highest BCUT2D eigenvalue weighted by molar-refractivity contribution is 6.35. The molecule has 0 radical (unpaired) electrons. The van der Waals surface area contributed by atoms with E-state index in [9.17, 15) is 13.2 Å². The molecule has 0 unspecified atom stereocenters. The summed E-state index contributed by atoms with van der Waals surface area (Å²) in [5.74, 6) is -0.264. The summed E-state index contributed by atoms with van der Waals surface area (Å²) in [6, 6.07) is 13.4. The van der Waals surface area contributed by atoms with Crippen molar-refractivity contribution < 1.29 is 17.9 Å². The number of rotatable bonds is 2. The van der Waals surface area contributed by atoms with Crippen molar-refractivity contribution in [3.05, 3.63) is 64.8 Å². The van der Waals surface area contributed by atoms with Gasteiger partial charge >= 0.3 is 6.36 Å². The van der Waals surface area contributed by atoms with Crippen molar-refractivity contribution in [2.24, 2.45) is 4.99 Å². The highest BCUT2D eigenvalue weighted by Crippen LogP contribution is 2.44. The van der Waals surface area contributed by atoms with E-state index in [-0.39, 0.29) is 5.75 Å². The van der Waals surface area contributed by atoms with Crippen molar-refractivity contribution in [2.45, 2.75) is 25.6 Å². The van der Waals surface area contributed by atoms with Crippen LogP contribution < -0.4 is 4.74 Å². The number of hydrogen-bond donors (Lipinski definition) is 0. The van der Waals surface area contributed by atoms with Crippen LogP contribution >= 0.6 is 11.6 Å². The molecule has 0 bridgehead atoms. The molecule has 1 aromatic heterocycles. The second-order valence-corrected chi connectivity index (χ2v) is 7.23. The Hall–Kier alpha value is -2.60. The number of ether oxygens (including phenoxy) is 1. The number of fused-ring (bicyclic) bond motifs is 2. The molecule has 0 fully saturated rings. The molecular formula is C20H14ClF3N2O. The molecule has 3 aromatic rings. The molecule has 0 amide bonds. The Labute approximate surface area is 158 Å². The van der Waals surface area contributed by atoms with Gasteiger partial charge in [-0.05, 0) is 49.7 Å². The zero-order chi connectivity index (χ0) is 19.4. The van der Waals surface area contributed by atoms with E-state index in [1.54, 1.807) is 6.07 Å². The van der Waals surface area contributed by atoms with Crippen molar-refractivity contribution in [1.82, 2.24) is 4.98 Å². The molecule has 7 heteroatoms. The Morgan fingerprint density at radius 3 is 2.56 bits per heavy atom. The van der Waals surface area contributed by atoms with E-state index >= 15 is 0 Å². The monoisotopic (exact) mass is 390 g/mol. The highest BCUT2D eigenvalue weighted by atomic mass is 35.5. The maximum absolute atomic E-state index is 12.5. The van der Waals surface area contributed by atoms with E-state index in [2.05, 4.69) is 14.7 Å². The van der Waals surface area contributed by atoms with Crippen LogP contribution in [0.2, 0.25) is 5.02 Å². The maximum atomic E-state index is 12.5. The van der Waals surface area contributed by atoms with Crippen molar-refractivity contribution in [3.63, 3.8) is 0 Å². The fourth-order valence-corrected chi connectivity index (χ4v) is 3.54. The van der Waals surface area contributed by atoms with E-state index in [0.717, 1.165) is 5.39 Å². The Bertz CT molecular complexity index is 1090. The van der Waals surface area contributed by atoms with Crippen LogP contribution in [-0.2, 0) is 5.41 Å². The molecule has 27 heavy (non-hydrogen) atoms. The maximum Gasteiger partial charge on any atom is 0.573 e. The zero-order valence-electron chi connectivity index (χ0n) is 14.4. The van der Waals surface area contributed by atoms with Gasteiger partial charge in [0.05, 0.1) is 27.6 Å². The molecule has 138 valence electrons. The number of aromatic nitrogens is 1. The van der Waals surface area contributed by atoms with Gasteiger partial charge in [-0.25, -0.2) is 9.98 Å². The molecule has 0 N–H and O–H groups in total. The molecule has 0 saturated heterocycles. The minimum Gasteiger partial charge on any atom is -0.406 e. The van der Waals surface area contributed by atoms with E-state index < -0.39 is 11.8 Å². The summed E-state index contributed by atoms with van der Waals surface area (Å²) in [4.78, 5) is 9.27. The fourth-order valence-electron chi connectivity index (χ4n) is 3.32. The summed E-state index contributed by atoms with van der Waals surface area (Å²) in [5, 5.41) is 1.44. The third-order valence-electron chi connectivity index (χ3n) is 4.61. The Morgan fingerprint density at radius 2 is 1.81 bits per heavy atom. The number of benzene rings is 2. The first-order chi connectivity index (χ1) is 12.6. The molecule has 0 atom stereocenters. The summed E-state index contributed by atoms with van der Waals surface area (Å²) < 4.78 is 41.7. The lowest BCUT2D eigenvalue weighted by molar-refractivity contribution is -0.274. The Kier molecular flexibility index (Phi) is 3.93. The highest BCUT2D eigenvalue weighted by Gasteiger charge is 2.38. The van der Waals surface area contributed by atoms with Crippen LogP contribution in [-0.4, -0.2) is 17.1 Å². The second-order valence-electron chi connectivity index (χ2n) is 6.82. The number of pyridine rings is 1. The van der Waals surface area contributed by atoms with Gasteiger partial charge in [-0.1, -0.05) is 29.8 Å². The van der Waals surface area contributed by atoms with Gasteiger partial charge in [0.1, 0.15) is 5.75 Å². The number of aliphatic imine (C=N–C) groups is 1. The molecule has 2 aromatic carbocycles. The zero-order valence-corrected chi connectivity index (χ0v) is 15.2. The molecule has 0 saturated carbocycles. The van der Waals surface area contributed by atoms with Crippen molar-refractivity contribution in [1.29, 1.82) is 0 Å². The van der Waals surface area contributed by atoms with Gasteiger partial charge in [-0.15, -0.1) is 13.2 Å². The lowest BCUT2D eigenvalue weighted by Gasteiger charge is -2.22. The SMILES string of the molecule is CC1(C)C(c2ccc3cccc(Cl)c3n2)=Nc2ccc(OC(F)(F)F)cc21. The third-order valence-corrected chi connectivity index (χ3v) is 4.92. The van der Waals surface area contributed by atoms with Crippen LogP contribution in [0, 0.1) is 0 Å². The first kappa shape index (κ1) is 17.8. The van der Waals surface area contributed by atoms with E-state index in [4.69, 9.17) is 11.6 Å². The first-order valence-corrected chi connectivity index (χ1v) is 8.58. The summed E-state index contributed by atoms with van der Waals surface area (Å²) >= 11 is 6.25. The number of nitrogens with zero attached hydrogens (tertiary/aromatic N) is 2. The third kappa shape index (κ3) is 3.14. The predicted octanol–water partition coefficient (Wildman–Crippen LogP) is 6.20. The average Bonchev–Trinajstić information content (AvgIpc) is 2.85. The van der Waals surface area contributed by atoms with Gasteiger partial charge < -0.3 is 4.74 Å². The largest absolute Gasteiger partial charge is 0.573 e. The lowest BCUT2D eigenvalue weighted by Crippen LogP contribution is -2.27. The standard InChI is InChI=1S/C20H14ClF3N2O/c1-19(2)13-10-12(27-20(22,23)24)7-9-15(13)26-18(19)16-8-6-11-4-3-5-14(21)17(11)25-16/h3-10H,1-2H3. The molecule has 1 aliphatic heterocycles. The van der Waals surface area contributed by atoms with Crippen molar-refractivity contribution >= 4 is 33.9 Å². The van der Waals surface area contributed by atoms with E-state index in [1.165, 1.54) is 18.2 Å². The molecule has 0 aliphatic carbocycles. The topological polar surface area (TPSA) is 34.5 Å². The Balaban J connectivity index is 1.78. The minimum atomic E-state index is -4.74. The van der Waals surface area contributed by atoms with Gasteiger partial charge in [0, 0.05) is 10.8 Å². The molecule has 3 nitrogen and oxygen atoms in total. The quantitative estimate of drug-likeness (QED) is 0.522. The number of alkyl halides is 3. The molecular weight excluding hydrogens is 377 g/mol. The normalized spacial score (nSPS) is 15.6. The van der Waals surface area contributed by atoms with Crippen LogP contribution in [0.3, 0.4) is 0 Å². The molecule has 2 heterocycles. The van der Waals surface area contributed by atoms with Crippen LogP contribution in [0.15, 0.2) is 53.5 Å². The predicted molar refractivity (Wildman–Crippen MR) is 99.1 cm³/mol. The average molecular weight is 391 g/mol. The number of halogens is 4. The summed E-state index contributed by atoms with van der Waals surface area (Å²) in [7, 11) is 0.